The van der Waals surface area contributed by atoms with Gasteiger partial charge in [0, 0.05) is 12.1 Å². The summed E-state index contributed by atoms with van der Waals surface area (Å²) in [5.74, 6) is 2.63. The molecule has 0 bridgehead atoms. The number of methoxy groups -OCH3 is 1. The van der Waals surface area contributed by atoms with Crippen molar-refractivity contribution >= 4 is 11.0 Å². The average molecular weight is 342 g/mol. The molecule has 7 nitrogen and oxygen atoms in total. The van der Waals surface area contributed by atoms with E-state index >= 15 is 0 Å². The molecule has 25 heavy (non-hydrogen) atoms. The van der Waals surface area contributed by atoms with E-state index in [1.165, 1.54) is 6.07 Å². The number of aromatic hydroxyl groups is 1. The van der Waals surface area contributed by atoms with Crippen molar-refractivity contribution in [2.24, 2.45) is 0 Å². The van der Waals surface area contributed by atoms with E-state index in [0.29, 0.717) is 50.9 Å². The summed E-state index contributed by atoms with van der Waals surface area (Å²) in [6.07, 6.45) is -0.653. The Bertz CT molecular complexity index is 1000. The molecule has 0 spiro atoms. The maximum absolute atomic E-state index is 9.84. The topological polar surface area (TPSA) is 90.5 Å². The zero-order valence-corrected chi connectivity index (χ0v) is 13.2. The third kappa shape index (κ3) is 1.84. The van der Waals surface area contributed by atoms with Gasteiger partial charge in [0.2, 0.25) is 12.5 Å². The van der Waals surface area contributed by atoms with Crippen molar-refractivity contribution in [3.05, 3.63) is 29.8 Å². The molecule has 0 saturated heterocycles. The molecular weight excluding hydrogens is 328 g/mol. The Morgan fingerprint density at radius 3 is 2.88 bits per heavy atom. The van der Waals surface area contributed by atoms with Crippen LogP contribution in [0.1, 0.15) is 11.7 Å². The highest BCUT2D eigenvalue weighted by molar-refractivity contribution is 5.98. The predicted octanol–water partition coefficient (Wildman–Crippen LogP) is 2.97. The molecule has 0 aliphatic carbocycles. The summed E-state index contributed by atoms with van der Waals surface area (Å²) < 4.78 is 28.5. The normalized spacial score (nSPS) is 17.1. The molecule has 2 aliphatic rings. The van der Waals surface area contributed by atoms with Gasteiger partial charge in [-0.15, -0.1) is 0 Å². The van der Waals surface area contributed by atoms with Crippen molar-refractivity contribution in [1.29, 1.82) is 0 Å². The van der Waals surface area contributed by atoms with Crippen LogP contribution in [0.4, 0.5) is 0 Å². The number of aliphatic hydroxyl groups is 1. The van der Waals surface area contributed by atoms with Crippen LogP contribution in [0.3, 0.4) is 0 Å². The number of hydrogen-bond acceptors (Lipinski definition) is 7. The minimum absolute atomic E-state index is 0.0772. The molecule has 2 aliphatic heterocycles. The highest BCUT2D eigenvalue weighted by atomic mass is 16.7. The van der Waals surface area contributed by atoms with E-state index in [9.17, 15) is 10.2 Å². The van der Waals surface area contributed by atoms with Crippen molar-refractivity contribution in [3.63, 3.8) is 0 Å². The summed E-state index contributed by atoms with van der Waals surface area (Å²) in [4.78, 5) is 0. The molecule has 7 heteroatoms. The zero-order chi connectivity index (χ0) is 17.1. The average Bonchev–Trinajstić information content (AvgIpc) is 3.22. The highest BCUT2D eigenvalue weighted by Gasteiger charge is 2.36. The largest absolute Gasteiger partial charge is 0.508 e. The smallest absolute Gasteiger partial charge is 0.231 e. The first-order valence-corrected chi connectivity index (χ1v) is 7.75. The van der Waals surface area contributed by atoms with Crippen LogP contribution in [0.5, 0.6) is 28.7 Å². The molecule has 2 aromatic carbocycles. The molecule has 3 aromatic rings. The van der Waals surface area contributed by atoms with Crippen LogP contribution in [0.15, 0.2) is 28.7 Å². The lowest BCUT2D eigenvalue weighted by Gasteiger charge is -2.24. The summed E-state index contributed by atoms with van der Waals surface area (Å²) in [5.41, 5.74) is 1.93. The summed E-state index contributed by atoms with van der Waals surface area (Å²) in [5, 5.41) is 20.2. The second-order valence-corrected chi connectivity index (χ2v) is 5.83. The maximum atomic E-state index is 9.84. The summed E-state index contributed by atoms with van der Waals surface area (Å²) in [6.45, 7) is -0.142. The molecule has 1 atom stereocenters. The van der Waals surface area contributed by atoms with Crippen molar-refractivity contribution < 1.29 is 33.6 Å². The summed E-state index contributed by atoms with van der Waals surface area (Å²) in [6, 6.07) is 6.51. The number of phenolic OH excluding ortho intramolecular Hbond substituents is 1. The first-order valence-electron chi connectivity index (χ1n) is 7.75. The van der Waals surface area contributed by atoms with Crippen molar-refractivity contribution in [3.8, 4) is 40.1 Å². The summed E-state index contributed by atoms with van der Waals surface area (Å²) in [7, 11) is 1.54. The van der Waals surface area contributed by atoms with Gasteiger partial charge in [0.15, 0.2) is 17.6 Å². The fraction of sp³-hybridized carbons (Fsp3) is 0.222. The van der Waals surface area contributed by atoms with Gasteiger partial charge >= 0.3 is 0 Å². The quantitative estimate of drug-likeness (QED) is 0.740. The van der Waals surface area contributed by atoms with Crippen LogP contribution in [0.25, 0.3) is 22.3 Å². The van der Waals surface area contributed by atoms with Crippen molar-refractivity contribution in [2.75, 3.05) is 20.5 Å². The Kier molecular flexibility index (Phi) is 2.84. The van der Waals surface area contributed by atoms with Crippen LogP contribution in [0, 0.1) is 0 Å². The monoisotopic (exact) mass is 342 g/mol. The van der Waals surface area contributed by atoms with Gasteiger partial charge in [-0.1, -0.05) is 0 Å². The third-order valence-corrected chi connectivity index (χ3v) is 4.48. The Morgan fingerprint density at radius 1 is 1.20 bits per heavy atom. The number of aliphatic hydroxyl groups excluding tert-OH is 1. The Labute approximate surface area is 141 Å². The molecule has 1 aromatic heterocycles. The van der Waals surface area contributed by atoms with E-state index in [1.807, 2.05) is 0 Å². The second-order valence-electron chi connectivity index (χ2n) is 5.83. The third-order valence-electron chi connectivity index (χ3n) is 4.48. The molecule has 0 amide bonds. The molecule has 0 fully saturated rings. The lowest BCUT2D eigenvalue weighted by atomic mass is 9.97. The van der Waals surface area contributed by atoms with Crippen LogP contribution in [0.2, 0.25) is 0 Å². The van der Waals surface area contributed by atoms with Crippen molar-refractivity contribution in [1.82, 2.24) is 0 Å². The fourth-order valence-corrected chi connectivity index (χ4v) is 3.44. The van der Waals surface area contributed by atoms with Crippen molar-refractivity contribution in [2.45, 2.75) is 6.10 Å². The number of fused-ring (bicyclic) bond motifs is 6. The molecule has 3 heterocycles. The molecule has 5 rings (SSSR count). The first kappa shape index (κ1) is 14.3. The Morgan fingerprint density at radius 2 is 2.08 bits per heavy atom. The van der Waals surface area contributed by atoms with E-state index < -0.39 is 6.10 Å². The highest BCUT2D eigenvalue weighted by Crippen LogP contribution is 2.54. The van der Waals surface area contributed by atoms with Gasteiger partial charge in [0.05, 0.1) is 30.2 Å². The van der Waals surface area contributed by atoms with E-state index in [-0.39, 0.29) is 19.1 Å². The van der Waals surface area contributed by atoms with Crippen LogP contribution in [-0.4, -0.2) is 30.7 Å². The Hall–Kier alpha value is -3.06. The molecule has 2 N–H and O–H groups in total. The lowest BCUT2D eigenvalue weighted by Crippen LogP contribution is -2.16. The molecular formula is C18H14O7. The van der Waals surface area contributed by atoms with Gasteiger partial charge in [0.25, 0.3) is 0 Å². The van der Waals surface area contributed by atoms with Gasteiger partial charge in [-0.2, -0.15) is 0 Å². The van der Waals surface area contributed by atoms with Crippen LogP contribution < -0.4 is 18.9 Å². The van der Waals surface area contributed by atoms with Gasteiger partial charge in [0.1, 0.15) is 22.8 Å². The lowest BCUT2D eigenvalue weighted by molar-refractivity contribution is 0.114. The van der Waals surface area contributed by atoms with E-state index in [2.05, 4.69) is 0 Å². The SMILES string of the molecule is COc1c2c(cc3oc4c(c13)[C@H](CO)Oc1cc(O)ccc1-4)OCO2. The van der Waals surface area contributed by atoms with Gasteiger partial charge in [-0.25, -0.2) is 0 Å². The number of ether oxygens (including phenoxy) is 4. The van der Waals surface area contributed by atoms with Gasteiger partial charge in [-0.05, 0) is 12.1 Å². The minimum atomic E-state index is -0.653. The van der Waals surface area contributed by atoms with Gasteiger partial charge < -0.3 is 33.6 Å². The van der Waals surface area contributed by atoms with E-state index in [1.54, 1.807) is 25.3 Å². The number of rotatable bonds is 2. The van der Waals surface area contributed by atoms with E-state index in [0.717, 1.165) is 0 Å². The molecule has 0 radical (unpaired) electrons. The Balaban J connectivity index is 1.87. The summed E-state index contributed by atoms with van der Waals surface area (Å²) >= 11 is 0. The zero-order valence-electron chi connectivity index (χ0n) is 13.2. The maximum Gasteiger partial charge on any atom is 0.231 e. The van der Waals surface area contributed by atoms with Gasteiger partial charge in [-0.3, -0.25) is 0 Å². The number of phenols is 1. The molecule has 0 unspecified atom stereocenters. The standard InChI is InChI=1S/C18H14O7/c1-21-18-14-11(5-12-17(18)23-7-22-12)25-16-9-3-2-8(20)4-10(9)24-13(6-19)15(14)16/h2-5,13,19-20H,6-7H2,1H3/t13-/m0/s1. The number of benzene rings is 2. The van der Waals surface area contributed by atoms with E-state index in [4.69, 9.17) is 23.4 Å². The minimum Gasteiger partial charge on any atom is -0.508 e. The number of furan rings is 1. The van der Waals surface area contributed by atoms with Crippen LogP contribution in [-0.2, 0) is 0 Å². The molecule has 0 saturated carbocycles. The predicted molar refractivity (Wildman–Crippen MR) is 86.4 cm³/mol. The second kappa shape index (κ2) is 4.97. The van der Waals surface area contributed by atoms with Crippen LogP contribution >= 0.6 is 0 Å². The number of hydrogen-bond donors (Lipinski definition) is 2. The fourth-order valence-electron chi connectivity index (χ4n) is 3.44. The molecule has 128 valence electrons. The first-order chi connectivity index (χ1) is 12.2.